The molecule has 0 spiro atoms. The molecule has 7 nitrogen and oxygen atoms in total. The average Bonchev–Trinajstić information content (AvgIpc) is 3.10. The molecule has 0 radical (unpaired) electrons. The second kappa shape index (κ2) is 5.72. The zero-order valence-corrected chi connectivity index (χ0v) is 11.9. The van der Waals surface area contributed by atoms with Crippen LogP contribution in [0.3, 0.4) is 0 Å². The van der Waals surface area contributed by atoms with Crippen LogP contribution in [-0.4, -0.2) is 71.1 Å². The van der Waals surface area contributed by atoms with E-state index in [0.29, 0.717) is 13.1 Å². The van der Waals surface area contributed by atoms with Crippen LogP contribution in [0.25, 0.3) is 0 Å². The number of aliphatic hydroxyl groups excluding tert-OH is 2. The predicted octanol–water partition coefficient (Wildman–Crippen LogP) is -1.32. The lowest BCUT2D eigenvalue weighted by Gasteiger charge is -2.39. The van der Waals surface area contributed by atoms with Crippen molar-refractivity contribution in [3.63, 3.8) is 0 Å². The van der Waals surface area contributed by atoms with Gasteiger partial charge in [-0.2, -0.15) is 0 Å². The minimum atomic E-state index is -0.945. The van der Waals surface area contributed by atoms with Crippen molar-refractivity contribution in [3.05, 3.63) is 12.2 Å². The second-order valence-electron chi connectivity index (χ2n) is 4.85. The zero-order valence-electron chi connectivity index (χ0n) is 11.1. The number of thioether (sulfide) groups is 1. The number of aliphatic hydroxyl groups is 2. The largest absolute Gasteiger partial charge is 0.388 e. The van der Waals surface area contributed by atoms with Gasteiger partial charge in [-0.15, -0.1) is 0 Å². The van der Waals surface area contributed by atoms with E-state index in [9.17, 15) is 10.2 Å². The summed E-state index contributed by atoms with van der Waals surface area (Å²) in [4.78, 5) is 8.27. The molecule has 8 heteroatoms. The lowest BCUT2D eigenvalue weighted by Crippen LogP contribution is -2.60. The van der Waals surface area contributed by atoms with Gasteiger partial charge in [-0.3, -0.25) is 9.98 Å². The van der Waals surface area contributed by atoms with E-state index < -0.39 is 18.3 Å². The summed E-state index contributed by atoms with van der Waals surface area (Å²) in [6.07, 6.45) is 1.54. The predicted molar refractivity (Wildman–Crippen MR) is 78.0 cm³/mol. The van der Waals surface area contributed by atoms with Crippen molar-refractivity contribution in [1.82, 2.24) is 10.6 Å². The second-order valence-corrected chi connectivity index (χ2v) is 5.94. The van der Waals surface area contributed by atoms with Crippen LogP contribution in [0.1, 0.15) is 0 Å². The van der Waals surface area contributed by atoms with Gasteiger partial charge in [0.1, 0.15) is 29.6 Å². The van der Waals surface area contributed by atoms with Gasteiger partial charge >= 0.3 is 0 Å². The van der Waals surface area contributed by atoms with Crippen molar-refractivity contribution in [2.24, 2.45) is 9.98 Å². The molecule has 0 aromatic heterocycles. The molecule has 0 aromatic rings. The van der Waals surface area contributed by atoms with Crippen LogP contribution in [0.4, 0.5) is 0 Å². The third-order valence-corrected chi connectivity index (χ3v) is 4.71. The Morgan fingerprint density at radius 1 is 1.55 bits per heavy atom. The molecule has 3 heterocycles. The summed E-state index contributed by atoms with van der Waals surface area (Å²) in [5.74, 6) is 0.783. The van der Waals surface area contributed by atoms with Crippen molar-refractivity contribution in [2.75, 3.05) is 20.1 Å². The lowest BCUT2D eigenvalue weighted by molar-refractivity contribution is -0.153. The van der Waals surface area contributed by atoms with Crippen LogP contribution >= 0.6 is 11.8 Å². The first-order valence-corrected chi connectivity index (χ1v) is 7.43. The van der Waals surface area contributed by atoms with E-state index in [1.165, 1.54) is 11.8 Å². The van der Waals surface area contributed by atoms with Crippen LogP contribution in [0, 0.1) is 0 Å². The number of ether oxygens (including phenoxy) is 1. The Kier molecular flexibility index (Phi) is 3.97. The maximum atomic E-state index is 10.2. The topological polar surface area (TPSA) is 98.5 Å². The first-order valence-electron chi connectivity index (χ1n) is 6.55. The first-order chi connectivity index (χ1) is 9.69. The fourth-order valence-electron chi connectivity index (χ4n) is 2.45. The van der Waals surface area contributed by atoms with Gasteiger partial charge in [-0.1, -0.05) is 17.8 Å². The standard InChI is InChI=1S/C12H18N4O3S/c1-13-12-16-8-10(18)9(17)6(19-11(8)20-12)5-15-7-3-2-4-14-7/h2-3,6,8-11,17-18H,4-5H2,1H3,(H,13,16)(H,14,15)/t6-,8-,9-,10-,11-/m1/s1. The van der Waals surface area contributed by atoms with Crippen LogP contribution < -0.4 is 10.6 Å². The summed E-state index contributed by atoms with van der Waals surface area (Å²) >= 11 is 1.44. The number of amidine groups is 2. The van der Waals surface area contributed by atoms with E-state index in [1.807, 2.05) is 12.2 Å². The fourth-order valence-corrected chi connectivity index (χ4v) is 3.55. The molecule has 20 heavy (non-hydrogen) atoms. The quantitative estimate of drug-likeness (QED) is 0.505. The Bertz CT molecular complexity index is 468. The van der Waals surface area contributed by atoms with E-state index in [2.05, 4.69) is 20.6 Å². The smallest absolute Gasteiger partial charge is 0.159 e. The summed E-state index contributed by atoms with van der Waals surface area (Å²) in [6, 6.07) is -0.325. The van der Waals surface area contributed by atoms with Gasteiger partial charge < -0.3 is 25.6 Å². The monoisotopic (exact) mass is 298 g/mol. The minimum absolute atomic E-state index is 0.236. The van der Waals surface area contributed by atoms with E-state index in [1.54, 1.807) is 7.05 Å². The molecule has 2 saturated heterocycles. The molecular formula is C12H18N4O3S. The van der Waals surface area contributed by atoms with Crippen molar-refractivity contribution >= 4 is 22.8 Å². The van der Waals surface area contributed by atoms with E-state index in [0.717, 1.165) is 11.0 Å². The van der Waals surface area contributed by atoms with Gasteiger partial charge in [-0.05, 0) is 6.08 Å². The van der Waals surface area contributed by atoms with Crippen LogP contribution in [-0.2, 0) is 4.74 Å². The Hall–Kier alpha value is -1.09. The number of fused-ring (bicyclic) bond motifs is 1. The molecule has 3 aliphatic rings. The molecule has 3 rings (SSSR count). The minimum Gasteiger partial charge on any atom is -0.388 e. The van der Waals surface area contributed by atoms with E-state index >= 15 is 0 Å². The molecule has 110 valence electrons. The summed E-state index contributed by atoms with van der Waals surface area (Å²) in [6.45, 7) is 1.09. The number of hydrogen-bond donors (Lipinski definition) is 4. The van der Waals surface area contributed by atoms with E-state index in [-0.39, 0.29) is 11.5 Å². The van der Waals surface area contributed by atoms with Crippen molar-refractivity contribution in [3.8, 4) is 0 Å². The average molecular weight is 298 g/mol. The van der Waals surface area contributed by atoms with Gasteiger partial charge in [0.2, 0.25) is 0 Å². The highest BCUT2D eigenvalue weighted by atomic mass is 32.2. The highest BCUT2D eigenvalue weighted by Gasteiger charge is 2.48. The molecule has 0 bridgehead atoms. The maximum Gasteiger partial charge on any atom is 0.159 e. The summed E-state index contributed by atoms with van der Waals surface area (Å²) in [5.41, 5.74) is -0.236. The molecular weight excluding hydrogens is 280 g/mol. The van der Waals surface area contributed by atoms with Gasteiger partial charge in [-0.25, -0.2) is 0 Å². The highest BCUT2D eigenvalue weighted by Crippen LogP contribution is 2.33. The molecule has 5 atom stereocenters. The molecule has 0 amide bonds. The van der Waals surface area contributed by atoms with Crippen molar-refractivity contribution in [2.45, 2.75) is 29.8 Å². The first kappa shape index (κ1) is 13.9. The number of aliphatic imine (C=N–C) groups is 2. The highest BCUT2D eigenvalue weighted by molar-refractivity contribution is 8.14. The van der Waals surface area contributed by atoms with Gasteiger partial charge in [0.05, 0.1) is 12.6 Å². The SMILES string of the molecule is CN=C1N[C@@H]2[C@@H](O)[C@H](O)[C@@H](CNC3=NCC=C3)O[C@@H]2S1. The summed E-state index contributed by atoms with van der Waals surface area (Å²) in [7, 11) is 1.68. The van der Waals surface area contributed by atoms with Crippen LogP contribution in [0.2, 0.25) is 0 Å². The fraction of sp³-hybridized carbons (Fsp3) is 0.667. The Morgan fingerprint density at radius 3 is 3.10 bits per heavy atom. The third-order valence-electron chi connectivity index (χ3n) is 3.55. The number of nitrogens with zero attached hydrogens (tertiary/aromatic N) is 2. The molecule has 4 N–H and O–H groups in total. The normalized spacial score (nSPS) is 41.5. The summed E-state index contributed by atoms with van der Waals surface area (Å²) in [5, 5.41) is 27.2. The van der Waals surface area contributed by atoms with Gasteiger partial charge in [0.25, 0.3) is 0 Å². The Balaban J connectivity index is 1.63. The van der Waals surface area contributed by atoms with Crippen molar-refractivity contribution in [1.29, 1.82) is 0 Å². The third kappa shape index (κ3) is 2.56. The number of rotatable bonds is 2. The molecule has 3 aliphatic heterocycles. The number of hydrogen-bond acceptors (Lipinski definition) is 7. The lowest BCUT2D eigenvalue weighted by atomic mass is 9.98. The molecule has 0 aromatic carbocycles. The van der Waals surface area contributed by atoms with Crippen molar-refractivity contribution < 1.29 is 14.9 Å². The number of nitrogens with one attached hydrogen (secondary N) is 2. The Labute approximate surface area is 121 Å². The Morgan fingerprint density at radius 2 is 2.40 bits per heavy atom. The van der Waals surface area contributed by atoms with Crippen LogP contribution in [0.5, 0.6) is 0 Å². The molecule has 2 fully saturated rings. The van der Waals surface area contributed by atoms with Gasteiger partial charge in [0, 0.05) is 13.6 Å². The molecule has 0 aliphatic carbocycles. The van der Waals surface area contributed by atoms with Crippen LogP contribution in [0.15, 0.2) is 22.1 Å². The molecule has 0 unspecified atom stereocenters. The zero-order chi connectivity index (χ0) is 14.1. The maximum absolute atomic E-state index is 10.2. The molecule has 0 saturated carbocycles. The summed E-state index contributed by atoms with van der Waals surface area (Å²) < 4.78 is 5.85. The van der Waals surface area contributed by atoms with Gasteiger partial charge in [0.15, 0.2) is 5.17 Å². The van der Waals surface area contributed by atoms with E-state index in [4.69, 9.17) is 4.74 Å².